The number of benzene rings is 1. The van der Waals surface area contributed by atoms with E-state index in [1.165, 1.54) is 6.07 Å². The van der Waals surface area contributed by atoms with Crippen LogP contribution < -0.4 is 16.4 Å². The van der Waals surface area contributed by atoms with E-state index in [1.807, 2.05) is 0 Å². The Morgan fingerprint density at radius 2 is 1.95 bits per heavy atom. The van der Waals surface area contributed by atoms with Crippen LogP contribution in [0.4, 0.5) is 11.4 Å². The number of anilines is 2. The van der Waals surface area contributed by atoms with Crippen LogP contribution in [0.1, 0.15) is 29.6 Å². The average Bonchev–Trinajstić information content (AvgIpc) is 2.39. The summed E-state index contributed by atoms with van der Waals surface area (Å²) < 4.78 is 0. The molecule has 108 valence electrons. The van der Waals surface area contributed by atoms with Crippen molar-refractivity contribution in [1.82, 2.24) is 0 Å². The van der Waals surface area contributed by atoms with E-state index in [9.17, 15) is 9.59 Å². The highest BCUT2D eigenvalue weighted by Gasteiger charge is 2.22. The van der Waals surface area contributed by atoms with Gasteiger partial charge in [0.2, 0.25) is 5.91 Å². The van der Waals surface area contributed by atoms with Gasteiger partial charge in [-0.3, -0.25) is 4.79 Å². The third-order valence-corrected chi connectivity index (χ3v) is 3.72. The third-order valence-electron chi connectivity index (χ3n) is 3.72. The molecule has 2 rings (SSSR count). The van der Waals surface area contributed by atoms with Crippen molar-refractivity contribution in [2.75, 3.05) is 23.7 Å². The van der Waals surface area contributed by atoms with Crippen molar-refractivity contribution in [3.8, 4) is 0 Å². The minimum Gasteiger partial charge on any atom is -0.478 e. The molecule has 5 N–H and O–H groups in total. The van der Waals surface area contributed by atoms with Gasteiger partial charge in [0, 0.05) is 19.5 Å². The molecule has 0 spiro atoms. The van der Waals surface area contributed by atoms with Gasteiger partial charge in [0.15, 0.2) is 0 Å². The van der Waals surface area contributed by atoms with Crippen LogP contribution in [0.15, 0.2) is 18.2 Å². The van der Waals surface area contributed by atoms with Crippen LogP contribution >= 0.6 is 0 Å². The molecule has 0 unspecified atom stereocenters. The summed E-state index contributed by atoms with van der Waals surface area (Å²) >= 11 is 0. The summed E-state index contributed by atoms with van der Waals surface area (Å²) in [7, 11) is 0. The van der Waals surface area contributed by atoms with Gasteiger partial charge in [-0.2, -0.15) is 0 Å². The van der Waals surface area contributed by atoms with Gasteiger partial charge in [0.1, 0.15) is 0 Å². The number of carboxylic acid groups (broad SMARTS) is 1. The Morgan fingerprint density at radius 1 is 1.30 bits per heavy atom. The van der Waals surface area contributed by atoms with Crippen molar-refractivity contribution in [1.29, 1.82) is 0 Å². The number of nitrogens with zero attached hydrogens (tertiary/aromatic N) is 1. The lowest BCUT2D eigenvalue weighted by molar-refractivity contribution is -0.119. The summed E-state index contributed by atoms with van der Waals surface area (Å²) in [6.45, 7) is 1.51. The van der Waals surface area contributed by atoms with E-state index in [-0.39, 0.29) is 11.5 Å². The molecule has 1 aliphatic rings. The van der Waals surface area contributed by atoms with Crippen molar-refractivity contribution < 1.29 is 14.7 Å². The predicted molar refractivity (Wildman–Crippen MR) is 76.6 cm³/mol. The standard InChI is InChI=1S/C14H19N3O3/c15-11-2-1-10(14(19)20)8-12(11)17-5-3-9(4-6-17)7-13(16)18/h1-2,8-9H,3-7,15H2,(H2,16,18)(H,19,20). The first-order chi connectivity index (χ1) is 9.47. The fourth-order valence-electron chi connectivity index (χ4n) is 2.61. The highest BCUT2D eigenvalue weighted by Crippen LogP contribution is 2.30. The van der Waals surface area contributed by atoms with E-state index in [2.05, 4.69) is 4.90 Å². The maximum absolute atomic E-state index is 11.0. The summed E-state index contributed by atoms with van der Waals surface area (Å²) in [4.78, 5) is 24.0. The van der Waals surface area contributed by atoms with Crippen molar-refractivity contribution >= 4 is 23.3 Å². The molecule has 0 aliphatic carbocycles. The summed E-state index contributed by atoms with van der Waals surface area (Å²) in [5.41, 5.74) is 12.7. The van der Waals surface area contributed by atoms with Gasteiger partial charge in [0.05, 0.1) is 16.9 Å². The van der Waals surface area contributed by atoms with Gasteiger partial charge in [-0.15, -0.1) is 0 Å². The number of rotatable bonds is 4. The molecule has 0 saturated carbocycles. The SMILES string of the molecule is NC(=O)CC1CCN(c2cc(C(=O)O)ccc2N)CC1. The van der Waals surface area contributed by atoms with E-state index < -0.39 is 5.97 Å². The molecule has 1 aliphatic heterocycles. The smallest absolute Gasteiger partial charge is 0.335 e. The monoisotopic (exact) mass is 277 g/mol. The van der Waals surface area contributed by atoms with Crippen molar-refractivity contribution in [3.05, 3.63) is 23.8 Å². The zero-order valence-corrected chi connectivity index (χ0v) is 11.2. The Labute approximate surface area is 117 Å². The van der Waals surface area contributed by atoms with Gasteiger partial charge >= 0.3 is 5.97 Å². The normalized spacial score (nSPS) is 16.1. The number of carboxylic acids is 1. The molecule has 6 nitrogen and oxygen atoms in total. The first kappa shape index (κ1) is 14.2. The molecule has 1 saturated heterocycles. The van der Waals surface area contributed by atoms with E-state index in [0.29, 0.717) is 18.0 Å². The fourth-order valence-corrected chi connectivity index (χ4v) is 2.61. The van der Waals surface area contributed by atoms with Gasteiger partial charge in [-0.1, -0.05) is 0 Å². The molecule has 0 aromatic heterocycles. The van der Waals surface area contributed by atoms with Crippen LogP contribution in [-0.2, 0) is 4.79 Å². The Kier molecular flexibility index (Phi) is 4.12. The zero-order valence-electron chi connectivity index (χ0n) is 11.2. The number of carbonyl (C=O) groups excluding carboxylic acids is 1. The highest BCUT2D eigenvalue weighted by atomic mass is 16.4. The minimum absolute atomic E-state index is 0.230. The molecule has 20 heavy (non-hydrogen) atoms. The van der Waals surface area contributed by atoms with Crippen LogP contribution in [0.25, 0.3) is 0 Å². The number of amides is 1. The number of nitrogens with two attached hydrogens (primary N) is 2. The molecular weight excluding hydrogens is 258 g/mol. The number of carbonyl (C=O) groups is 2. The Bertz CT molecular complexity index is 522. The lowest BCUT2D eigenvalue weighted by Gasteiger charge is -2.34. The lowest BCUT2D eigenvalue weighted by Crippen LogP contribution is -2.35. The fraction of sp³-hybridized carbons (Fsp3) is 0.429. The summed E-state index contributed by atoms with van der Waals surface area (Å²) in [6.07, 6.45) is 2.14. The summed E-state index contributed by atoms with van der Waals surface area (Å²) in [6, 6.07) is 4.72. The second-order valence-electron chi connectivity index (χ2n) is 5.18. The first-order valence-electron chi connectivity index (χ1n) is 6.63. The maximum atomic E-state index is 11.0. The van der Waals surface area contributed by atoms with Crippen LogP contribution in [-0.4, -0.2) is 30.1 Å². The minimum atomic E-state index is -0.963. The van der Waals surface area contributed by atoms with Crippen LogP contribution in [0.5, 0.6) is 0 Å². The largest absolute Gasteiger partial charge is 0.478 e. The maximum Gasteiger partial charge on any atom is 0.335 e. The number of hydrogen-bond acceptors (Lipinski definition) is 4. The van der Waals surface area contributed by atoms with E-state index in [4.69, 9.17) is 16.6 Å². The molecule has 1 fully saturated rings. The quantitative estimate of drug-likeness (QED) is 0.713. The summed E-state index contributed by atoms with van der Waals surface area (Å²) in [5.74, 6) is -0.918. The molecule has 0 bridgehead atoms. The Morgan fingerprint density at radius 3 is 2.50 bits per heavy atom. The van der Waals surface area contributed by atoms with E-state index >= 15 is 0 Å². The van der Waals surface area contributed by atoms with Crippen LogP contribution in [0.3, 0.4) is 0 Å². The molecule has 0 radical (unpaired) electrons. The van der Waals surface area contributed by atoms with Crippen LogP contribution in [0.2, 0.25) is 0 Å². The van der Waals surface area contributed by atoms with E-state index in [0.717, 1.165) is 31.6 Å². The van der Waals surface area contributed by atoms with Crippen LogP contribution in [0, 0.1) is 5.92 Å². The first-order valence-corrected chi connectivity index (χ1v) is 6.63. The predicted octanol–water partition coefficient (Wildman–Crippen LogP) is 1.06. The zero-order chi connectivity index (χ0) is 14.7. The second kappa shape index (κ2) is 5.81. The Balaban J connectivity index is 2.08. The molecule has 1 amide bonds. The average molecular weight is 277 g/mol. The molecule has 0 atom stereocenters. The second-order valence-corrected chi connectivity index (χ2v) is 5.18. The number of nitrogen functional groups attached to an aromatic ring is 1. The molecular formula is C14H19N3O3. The number of primary amides is 1. The number of piperidine rings is 1. The lowest BCUT2D eigenvalue weighted by atomic mass is 9.93. The highest BCUT2D eigenvalue weighted by molar-refractivity contribution is 5.90. The van der Waals surface area contributed by atoms with E-state index in [1.54, 1.807) is 12.1 Å². The van der Waals surface area contributed by atoms with Gasteiger partial charge < -0.3 is 21.5 Å². The molecule has 1 aromatic rings. The topological polar surface area (TPSA) is 110 Å². The molecule has 6 heteroatoms. The van der Waals surface area contributed by atoms with Crippen molar-refractivity contribution in [2.24, 2.45) is 11.7 Å². The van der Waals surface area contributed by atoms with Gasteiger partial charge in [-0.05, 0) is 37.0 Å². The number of aromatic carboxylic acids is 1. The Hall–Kier alpha value is -2.24. The summed E-state index contributed by atoms with van der Waals surface area (Å²) in [5, 5.41) is 9.03. The molecule has 1 aromatic carbocycles. The third kappa shape index (κ3) is 3.20. The number of hydrogen-bond donors (Lipinski definition) is 3. The van der Waals surface area contributed by atoms with Gasteiger partial charge in [0.25, 0.3) is 0 Å². The van der Waals surface area contributed by atoms with Crippen molar-refractivity contribution in [2.45, 2.75) is 19.3 Å². The molecule has 1 heterocycles. The van der Waals surface area contributed by atoms with Crippen molar-refractivity contribution in [3.63, 3.8) is 0 Å². The van der Waals surface area contributed by atoms with Gasteiger partial charge in [-0.25, -0.2) is 4.79 Å².